The molecule has 1 fully saturated rings. The molecular formula is C16H20ClN3. The third-order valence-corrected chi connectivity index (χ3v) is 4.16. The predicted molar refractivity (Wildman–Crippen MR) is 82.9 cm³/mol. The van der Waals surface area contributed by atoms with E-state index in [0.29, 0.717) is 6.04 Å². The van der Waals surface area contributed by atoms with Crippen molar-refractivity contribution in [2.24, 2.45) is 0 Å². The number of aromatic nitrogens is 2. The Hall–Kier alpha value is -1.32. The van der Waals surface area contributed by atoms with E-state index in [1.165, 1.54) is 35.2 Å². The van der Waals surface area contributed by atoms with Crippen molar-refractivity contribution in [2.75, 3.05) is 0 Å². The van der Waals surface area contributed by atoms with Gasteiger partial charge in [0.1, 0.15) is 0 Å². The molecule has 0 saturated heterocycles. The van der Waals surface area contributed by atoms with E-state index in [-0.39, 0.29) is 0 Å². The Labute approximate surface area is 124 Å². The average molecular weight is 290 g/mol. The van der Waals surface area contributed by atoms with Crippen molar-refractivity contribution in [1.29, 1.82) is 0 Å². The molecule has 1 aliphatic rings. The second-order valence-corrected chi connectivity index (χ2v) is 5.85. The summed E-state index contributed by atoms with van der Waals surface area (Å²) in [7, 11) is 0. The van der Waals surface area contributed by atoms with E-state index >= 15 is 0 Å². The van der Waals surface area contributed by atoms with Crippen molar-refractivity contribution in [1.82, 2.24) is 15.1 Å². The third-order valence-electron chi connectivity index (χ3n) is 3.92. The second kappa shape index (κ2) is 5.58. The van der Waals surface area contributed by atoms with Crippen LogP contribution in [0.1, 0.15) is 31.0 Å². The standard InChI is InChI=1S/C16H20ClN3/c1-3-20-11(2)16(10-19-20)15-8-13(17)5-4-12(15)9-18-14-6-7-14/h4-5,8,10,14,18H,3,6-7,9H2,1-2H3. The molecule has 20 heavy (non-hydrogen) atoms. The van der Waals surface area contributed by atoms with Crippen LogP contribution in [0.2, 0.25) is 5.02 Å². The number of nitrogens with one attached hydrogen (secondary N) is 1. The molecule has 3 rings (SSSR count). The molecule has 1 saturated carbocycles. The van der Waals surface area contributed by atoms with Crippen LogP contribution in [0.3, 0.4) is 0 Å². The lowest BCUT2D eigenvalue weighted by Crippen LogP contribution is -2.15. The van der Waals surface area contributed by atoms with Gasteiger partial charge in [-0.25, -0.2) is 0 Å². The van der Waals surface area contributed by atoms with Crippen LogP contribution < -0.4 is 5.32 Å². The van der Waals surface area contributed by atoms with Gasteiger partial charge >= 0.3 is 0 Å². The molecule has 3 nitrogen and oxygen atoms in total. The van der Waals surface area contributed by atoms with E-state index in [4.69, 9.17) is 11.6 Å². The number of aryl methyl sites for hydroxylation is 1. The van der Waals surface area contributed by atoms with Gasteiger partial charge in [0.15, 0.2) is 0 Å². The van der Waals surface area contributed by atoms with Gasteiger partial charge in [-0.15, -0.1) is 0 Å². The summed E-state index contributed by atoms with van der Waals surface area (Å²) in [6.45, 7) is 6.01. The Morgan fingerprint density at radius 1 is 1.35 bits per heavy atom. The van der Waals surface area contributed by atoms with Gasteiger partial charge in [-0.3, -0.25) is 4.68 Å². The number of halogens is 1. The minimum atomic E-state index is 0.706. The molecule has 0 amide bonds. The number of rotatable bonds is 5. The highest BCUT2D eigenvalue weighted by atomic mass is 35.5. The molecular weight excluding hydrogens is 270 g/mol. The van der Waals surface area contributed by atoms with E-state index < -0.39 is 0 Å². The molecule has 1 aromatic heterocycles. The van der Waals surface area contributed by atoms with Crippen molar-refractivity contribution < 1.29 is 0 Å². The molecule has 0 aliphatic heterocycles. The van der Waals surface area contributed by atoms with Gasteiger partial charge in [-0.2, -0.15) is 5.10 Å². The zero-order chi connectivity index (χ0) is 14.1. The number of nitrogens with zero attached hydrogens (tertiary/aromatic N) is 2. The minimum absolute atomic E-state index is 0.706. The van der Waals surface area contributed by atoms with Crippen molar-refractivity contribution in [3.05, 3.63) is 40.7 Å². The lowest BCUT2D eigenvalue weighted by molar-refractivity contribution is 0.640. The van der Waals surface area contributed by atoms with Crippen LogP contribution in [0, 0.1) is 6.92 Å². The van der Waals surface area contributed by atoms with Gasteiger partial charge in [0.25, 0.3) is 0 Å². The fourth-order valence-electron chi connectivity index (χ4n) is 2.53. The van der Waals surface area contributed by atoms with Crippen LogP contribution >= 0.6 is 11.6 Å². The maximum atomic E-state index is 6.19. The molecule has 1 aliphatic carbocycles. The van der Waals surface area contributed by atoms with Gasteiger partial charge in [-0.1, -0.05) is 17.7 Å². The Bertz CT molecular complexity index is 614. The summed E-state index contributed by atoms with van der Waals surface area (Å²) >= 11 is 6.19. The quantitative estimate of drug-likeness (QED) is 0.908. The van der Waals surface area contributed by atoms with E-state index in [0.717, 1.165) is 18.1 Å². The molecule has 0 unspecified atom stereocenters. The minimum Gasteiger partial charge on any atom is -0.310 e. The molecule has 0 atom stereocenters. The summed E-state index contributed by atoms with van der Waals surface area (Å²) in [6, 6.07) is 6.85. The normalized spacial score (nSPS) is 14.8. The zero-order valence-corrected chi connectivity index (χ0v) is 12.7. The number of benzene rings is 1. The van der Waals surface area contributed by atoms with Gasteiger partial charge in [0, 0.05) is 35.4 Å². The highest BCUT2D eigenvalue weighted by Gasteiger charge is 2.21. The molecule has 1 aromatic carbocycles. The molecule has 2 aromatic rings. The first-order valence-corrected chi connectivity index (χ1v) is 7.61. The molecule has 0 spiro atoms. The highest BCUT2D eigenvalue weighted by molar-refractivity contribution is 6.30. The summed E-state index contributed by atoms with van der Waals surface area (Å²) in [5, 5.41) is 8.79. The topological polar surface area (TPSA) is 29.9 Å². The van der Waals surface area contributed by atoms with Crippen LogP contribution in [0.5, 0.6) is 0 Å². The first-order valence-electron chi connectivity index (χ1n) is 7.23. The van der Waals surface area contributed by atoms with E-state index in [9.17, 15) is 0 Å². The van der Waals surface area contributed by atoms with E-state index in [2.05, 4.69) is 36.4 Å². The van der Waals surface area contributed by atoms with E-state index in [1.807, 2.05) is 16.9 Å². The maximum Gasteiger partial charge on any atom is 0.0571 e. The third kappa shape index (κ3) is 2.74. The highest BCUT2D eigenvalue weighted by Crippen LogP contribution is 2.30. The van der Waals surface area contributed by atoms with Crippen LogP contribution in [-0.2, 0) is 13.1 Å². The fraction of sp³-hybridized carbons (Fsp3) is 0.438. The summed E-state index contributed by atoms with van der Waals surface area (Å²) in [5.41, 5.74) is 4.87. The Kier molecular flexibility index (Phi) is 3.81. The van der Waals surface area contributed by atoms with Gasteiger partial charge in [0.2, 0.25) is 0 Å². The summed E-state index contributed by atoms with van der Waals surface area (Å²) < 4.78 is 2.02. The molecule has 0 bridgehead atoms. The summed E-state index contributed by atoms with van der Waals surface area (Å²) in [4.78, 5) is 0. The zero-order valence-electron chi connectivity index (χ0n) is 12.0. The van der Waals surface area contributed by atoms with Crippen molar-refractivity contribution in [3.8, 4) is 11.1 Å². The van der Waals surface area contributed by atoms with E-state index in [1.54, 1.807) is 0 Å². The summed E-state index contributed by atoms with van der Waals surface area (Å²) in [5.74, 6) is 0. The Morgan fingerprint density at radius 2 is 2.15 bits per heavy atom. The SMILES string of the molecule is CCn1ncc(-c2cc(Cl)ccc2CNC2CC2)c1C. The largest absolute Gasteiger partial charge is 0.310 e. The molecule has 106 valence electrons. The van der Waals surface area contributed by atoms with Crippen LogP contribution in [0.4, 0.5) is 0 Å². The lowest BCUT2D eigenvalue weighted by Gasteiger charge is -2.11. The van der Waals surface area contributed by atoms with Crippen LogP contribution in [0.15, 0.2) is 24.4 Å². The molecule has 1 heterocycles. The first-order chi connectivity index (χ1) is 9.69. The smallest absolute Gasteiger partial charge is 0.0571 e. The van der Waals surface area contributed by atoms with Gasteiger partial charge in [-0.05, 0) is 49.9 Å². The van der Waals surface area contributed by atoms with Crippen molar-refractivity contribution in [3.63, 3.8) is 0 Å². The number of hydrogen-bond donors (Lipinski definition) is 1. The predicted octanol–water partition coefficient (Wildman–Crippen LogP) is 3.78. The summed E-state index contributed by atoms with van der Waals surface area (Å²) in [6.07, 6.45) is 4.55. The fourth-order valence-corrected chi connectivity index (χ4v) is 2.70. The van der Waals surface area contributed by atoms with Crippen molar-refractivity contribution >= 4 is 11.6 Å². The van der Waals surface area contributed by atoms with Crippen LogP contribution in [0.25, 0.3) is 11.1 Å². The second-order valence-electron chi connectivity index (χ2n) is 5.42. The van der Waals surface area contributed by atoms with Gasteiger partial charge < -0.3 is 5.32 Å². The van der Waals surface area contributed by atoms with Crippen LogP contribution in [-0.4, -0.2) is 15.8 Å². The maximum absolute atomic E-state index is 6.19. The Morgan fingerprint density at radius 3 is 2.80 bits per heavy atom. The Balaban J connectivity index is 1.96. The molecule has 0 radical (unpaired) electrons. The monoisotopic (exact) mass is 289 g/mol. The molecule has 4 heteroatoms. The first kappa shape index (κ1) is 13.7. The van der Waals surface area contributed by atoms with Gasteiger partial charge in [0.05, 0.1) is 6.20 Å². The number of hydrogen-bond acceptors (Lipinski definition) is 2. The average Bonchev–Trinajstić information content (AvgIpc) is 3.20. The van der Waals surface area contributed by atoms with Crippen molar-refractivity contribution in [2.45, 2.75) is 45.8 Å². The lowest BCUT2D eigenvalue weighted by atomic mass is 10.0. The molecule has 1 N–H and O–H groups in total.